The van der Waals surface area contributed by atoms with Crippen LogP contribution in [0.5, 0.6) is 0 Å². The predicted octanol–water partition coefficient (Wildman–Crippen LogP) is 3.44. The van der Waals surface area contributed by atoms with E-state index >= 15 is 0 Å². The number of anilines is 2. The van der Waals surface area contributed by atoms with Gasteiger partial charge in [-0.05, 0) is 43.7 Å². The van der Waals surface area contributed by atoms with Gasteiger partial charge in [0, 0.05) is 38.7 Å². The first kappa shape index (κ1) is 19.2. The quantitative estimate of drug-likeness (QED) is 0.867. The molecule has 0 unspecified atom stereocenters. The topological polar surface area (TPSA) is 65.5 Å². The third kappa shape index (κ3) is 4.01. The molecule has 28 heavy (non-hydrogen) atoms. The molecule has 1 aromatic heterocycles. The van der Waals surface area contributed by atoms with E-state index < -0.39 is 0 Å². The lowest BCUT2D eigenvalue weighted by Gasteiger charge is -2.32. The van der Waals surface area contributed by atoms with Crippen LogP contribution in [-0.4, -0.2) is 47.4 Å². The highest BCUT2D eigenvalue weighted by atomic mass is 16.2. The highest BCUT2D eigenvalue weighted by Gasteiger charge is 2.42. The van der Waals surface area contributed by atoms with E-state index in [1.165, 1.54) is 32.6 Å². The van der Waals surface area contributed by atoms with E-state index in [1.54, 1.807) is 6.20 Å². The van der Waals surface area contributed by atoms with Crippen molar-refractivity contribution in [1.82, 2.24) is 9.88 Å². The summed E-state index contributed by atoms with van der Waals surface area (Å²) in [6, 6.07) is 4.07. The van der Waals surface area contributed by atoms with Crippen LogP contribution in [0.25, 0.3) is 0 Å². The van der Waals surface area contributed by atoms with Gasteiger partial charge >= 0.3 is 0 Å². The molecule has 1 N–H and O–H groups in total. The number of amides is 2. The van der Waals surface area contributed by atoms with E-state index in [9.17, 15) is 9.59 Å². The average molecular weight is 385 g/mol. The Labute approximate surface area is 167 Å². The third-order valence-corrected chi connectivity index (χ3v) is 6.67. The fraction of sp³-hybridized carbons (Fsp3) is 0.682. The summed E-state index contributed by atoms with van der Waals surface area (Å²) in [5.74, 6) is 1.86. The van der Waals surface area contributed by atoms with Gasteiger partial charge in [-0.3, -0.25) is 9.59 Å². The number of carbonyl (C=O) groups excluding carboxylic acids is 2. The van der Waals surface area contributed by atoms with Gasteiger partial charge in [-0.15, -0.1) is 0 Å². The molecular formula is C22H32N4O2. The lowest BCUT2D eigenvalue weighted by Crippen LogP contribution is -2.42. The number of hydrogen-bond acceptors (Lipinski definition) is 4. The maximum absolute atomic E-state index is 13.1. The number of pyridine rings is 1. The van der Waals surface area contributed by atoms with Crippen molar-refractivity contribution in [2.24, 2.45) is 11.8 Å². The first-order valence-electron chi connectivity index (χ1n) is 10.9. The minimum Gasteiger partial charge on any atom is -0.350 e. The second-order valence-corrected chi connectivity index (χ2v) is 8.65. The number of aromatic nitrogens is 1. The molecule has 3 heterocycles. The van der Waals surface area contributed by atoms with Crippen molar-refractivity contribution in [2.75, 3.05) is 29.9 Å². The van der Waals surface area contributed by atoms with Gasteiger partial charge in [0.15, 0.2) is 5.82 Å². The van der Waals surface area contributed by atoms with Crippen LogP contribution in [0.1, 0.15) is 58.3 Å². The van der Waals surface area contributed by atoms with Crippen molar-refractivity contribution in [3.05, 3.63) is 18.3 Å². The van der Waals surface area contributed by atoms with E-state index in [-0.39, 0.29) is 17.9 Å². The van der Waals surface area contributed by atoms with E-state index in [0.717, 1.165) is 56.8 Å². The van der Waals surface area contributed by atoms with Gasteiger partial charge in [0.25, 0.3) is 0 Å². The SMILES string of the molecule is CC(=O)Nc1cccnc1N1CCCC[C@@H]2CN(C(=O)C3CCCCC3)C[C@@H]21. The first-order chi connectivity index (χ1) is 13.6. The number of carbonyl (C=O) groups is 2. The van der Waals surface area contributed by atoms with Gasteiger partial charge in [0.05, 0.1) is 11.7 Å². The predicted molar refractivity (Wildman–Crippen MR) is 110 cm³/mol. The minimum atomic E-state index is -0.0823. The molecule has 2 aliphatic heterocycles. The molecule has 1 saturated carbocycles. The summed E-state index contributed by atoms with van der Waals surface area (Å²) in [5.41, 5.74) is 0.771. The Kier molecular flexibility index (Phi) is 5.83. The molecule has 152 valence electrons. The molecule has 1 aliphatic carbocycles. The lowest BCUT2D eigenvalue weighted by atomic mass is 9.88. The lowest BCUT2D eigenvalue weighted by molar-refractivity contribution is -0.135. The second kappa shape index (κ2) is 8.50. The molecule has 2 atom stereocenters. The third-order valence-electron chi connectivity index (χ3n) is 6.67. The van der Waals surface area contributed by atoms with Crippen LogP contribution in [0.4, 0.5) is 11.5 Å². The number of nitrogens with one attached hydrogen (secondary N) is 1. The zero-order valence-corrected chi connectivity index (χ0v) is 16.9. The van der Waals surface area contributed by atoms with Gasteiger partial charge in [-0.1, -0.05) is 25.7 Å². The average Bonchev–Trinajstić information content (AvgIpc) is 3.03. The van der Waals surface area contributed by atoms with Gasteiger partial charge in [0.1, 0.15) is 0 Å². The molecule has 2 amide bonds. The zero-order valence-electron chi connectivity index (χ0n) is 16.9. The summed E-state index contributed by atoms with van der Waals surface area (Å²) >= 11 is 0. The van der Waals surface area contributed by atoms with Crippen molar-refractivity contribution in [1.29, 1.82) is 0 Å². The maximum atomic E-state index is 13.1. The molecule has 4 rings (SSSR count). The highest BCUT2D eigenvalue weighted by molar-refractivity contribution is 5.92. The van der Waals surface area contributed by atoms with Gasteiger partial charge in [0.2, 0.25) is 11.8 Å². The Hall–Kier alpha value is -2.11. The number of hydrogen-bond donors (Lipinski definition) is 1. The van der Waals surface area contributed by atoms with Crippen LogP contribution in [0, 0.1) is 11.8 Å². The monoisotopic (exact) mass is 384 g/mol. The zero-order chi connectivity index (χ0) is 19.5. The summed E-state index contributed by atoms with van der Waals surface area (Å²) in [6.45, 7) is 4.12. The molecule has 0 aromatic carbocycles. The Balaban J connectivity index is 1.55. The molecule has 3 aliphatic rings. The molecule has 0 bridgehead atoms. The summed E-state index contributed by atoms with van der Waals surface area (Å²) < 4.78 is 0. The molecule has 2 saturated heterocycles. The van der Waals surface area contributed by atoms with Crippen molar-refractivity contribution in [3.8, 4) is 0 Å². The summed E-state index contributed by atoms with van der Waals surface area (Å²) in [5, 5.41) is 2.93. The minimum absolute atomic E-state index is 0.0823. The number of nitrogens with zero attached hydrogens (tertiary/aromatic N) is 3. The van der Waals surface area contributed by atoms with Crippen LogP contribution in [0.3, 0.4) is 0 Å². The molecule has 6 nitrogen and oxygen atoms in total. The van der Waals surface area contributed by atoms with Crippen molar-refractivity contribution in [3.63, 3.8) is 0 Å². The van der Waals surface area contributed by atoms with Gasteiger partial charge < -0.3 is 15.1 Å². The normalized spacial score (nSPS) is 25.9. The molecule has 1 aromatic rings. The smallest absolute Gasteiger partial charge is 0.225 e. The highest BCUT2D eigenvalue weighted by Crippen LogP contribution is 2.36. The molecular weight excluding hydrogens is 352 g/mol. The summed E-state index contributed by atoms with van der Waals surface area (Å²) in [6.07, 6.45) is 11.0. The van der Waals surface area contributed by atoms with E-state index in [4.69, 9.17) is 0 Å². The fourth-order valence-corrected chi connectivity index (χ4v) is 5.31. The second-order valence-electron chi connectivity index (χ2n) is 8.65. The molecule has 6 heteroatoms. The van der Waals surface area contributed by atoms with Crippen molar-refractivity contribution in [2.45, 2.75) is 64.3 Å². The maximum Gasteiger partial charge on any atom is 0.225 e. The van der Waals surface area contributed by atoms with Crippen molar-refractivity contribution < 1.29 is 9.59 Å². The number of fused-ring (bicyclic) bond motifs is 1. The molecule has 3 fully saturated rings. The van der Waals surface area contributed by atoms with Gasteiger partial charge in [-0.25, -0.2) is 4.98 Å². The Morgan fingerprint density at radius 2 is 1.86 bits per heavy atom. The van der Waals surface area contributed by atoms with Crippen molar-refractivity contribution >= 4 is 23.3 Å². The molecule has 0 radical (unpaired) electrons. The van der Waals surface area contributed by atoms with Crippen LogP contribution < -0.4 is 10.2 Å². The largest absolute Gasteiger partial charge is 0.350 e. The van der Waals surface area contributed by atoms with Crippen LogP contribution in [-0.2, 0) is 9.59 Å². The van der Waals surface area contributed by atoms with Crippen LogP contribution >= 0.6 is 0 Å². The van der Waals surface area contributed by atoms with E-state index in [2.05, 4.69) is 20.1 Å². The first-order valence-corrected chi connectivity index (χ1v) is 10.9. The Morgan fingerprint density at radius 1 is 1.07 bits per heavy atom. The molecule has 0 spiro atoms. The fourth-order valence-electron chi connectivity index (χ4n) is 5.31. The van der Waals surface area contributed by atoms with E-state index in [1.807, 2.05) is 12.1 Å². The number of rotatable bonds is 3. The number of likely N-dealkylation sites (tertiary alicyclic amines) is 1. The van der Waals surface area contributed by atoms with Crippen LogP contribution in [0.15, 0.2) is 18.3 Å². The standard InChI is InChI=1S/C22H32N4O2/c1-16(27)24-19-11-7-12-23-21(19)26-13-6-5-10-18-14-25(15-20(18)26)22(28)17-8-3-2-4-9-17/h7,11-12,17-18,20H,2-6,8-10,13-15H2,1H3,(H,24,27)/t18-,20+/m1/s1. The van der Waals surface area contributed by atoms with Crippen LogP contribution in [0.2, 0.25) is 0 Å². The Morgan fingerprint density at radius 3 is 2.64 bits per heavy atom. The summed E-state index contributed by atoms with van der Waals surface area (Å²) in [7, 11) is 0. The Bertz CT molecular complexity index is 716. The summed E-state index contributed by atoms with van der Waals surface area (Å²) in [4.78, 5) is 33.9. The van der Waals surface area contributed by atoms with E-state index in [0.29, 0.717) is 11.8 Å². The van der Waals surface area contributed by atoms with Gasteiger partial charge in [-0.2, -0.15) is 0 Å².